The van der Waals surface area contributed by atoms with Gasteiger partial charge in [0.1, 0.15) is 5.75 Å². The van der Waals surface area contributed by atoms with Gasteiger partial charge in [-0.3, -0.25) is 9.78 Å². The van der Waals surface area contributed by atoms with Gasteiger partial charge in [0.15, 0.2) is 5.11 Å². The number of carbonyl (C=O) groups excluding carboxylic acids is 1. The molecule has 1 fully saturated rings. The number of aryl methyl sites for hydroxylation is 1. The Morgan fingerprint density at radius 1 is 1.08 bits per heavy atom. The zero-order valence-electron chi connectivity index (χ0n) is 20.8. The Labute approximate surface area is 222 Å². The maximum atomic E-state index is 12.8. The molecule has 1 aliphatic heterocycles. The van der Waals surface area contributed by atoms with Crippen LogP contribution in [0.5, 0.6) is 5.75 Å². The van der Waals surface area contributed by atoms with Crippen molar-refractivity contribution < 1.29 is 9.53 Å². The molecule has 37 heavy (non-hydrogen) atoms. The maximum absolute atomic E-state index is 12.8. The minimum absolute atomic E-state index is 0.0603. The molecule has 1 aliphatic rings. The second-order valence-corrected chi connectivity index (χ2v) is 9.38. The number of rotatable bonds is 8. The Morgan fingerprint density at radius 3 is 2.68 bits per heavy atom. The highest BCUT2D eigenvalue weighted by Crippen LogP contribution is 2.39. The molecule has 1 amide bonds. The van der Waals surface area contributed by atoms with Crippen molar-refractivity contribution in [2.75, 3.05) is 19.0 Å². The highest BCUT2D eigenvalue weighted by Gasteiger charge is 2.41. The first-order valence-corrected chi connectivity index (χ1v) is 12.6. The molecule has 2 aromatic carbocycles. The maximum Gasteiger partial charge on any atom is 0.226 e. The molecule has 0 spiro atoms. The zero-order chi connectivity index (χ0) is 25.8. The van der Waals surface area contributed by atoms with E-state index in [0.717, 1.165) is 34.1 Å². The molecule has 5 rings (SSSR count). The van der Waals surface area contributed by atoms with E-state index in [2.05, 4.69) is 31.2 Å². The van der Waals surface area contributed by atoms with E-state index in [1.165, 1.54) is 0 Å². The van der Waals surface area contributed by atoms with E-state index in [-0.39, 0.29) is 18.0 Å². The highest BCUT2D eigenvalue weighted by molar-refractivity contribution is 7.80. The fraction of sp³-hybridized carbons (Fsp3) is 0.207. The van der Waals surface area contributed by atoms with Crippen LogP contribution in [0.15, 0.2) is 91.3 Å². The Morgan fingerprint density at radius 2 is 1.92 bits per heavy atom. The summed E-state index contributed by atoms with van der Waals surface area (Å²) in [7, 11) is 1.66. The summed E-state index contributed by atoms with van der Waals surface area (Å²) in [4.78, 5) is 19.5. The standard InChI is InChI=1S/C29H29N5O2S/c1-20-11-13-21(14-12-20)31-26(35)15-18-34-28(27(32-29(34)37)24-9-3-4-16-30-24)25-10-6-17-33(25)22-7-5-8-23(19-22)36-2/h3-14,16-17,19,27-28H,15,18H2,1-2H3,(H,31,35)(H,32,37)/t27-,28-/m0/s1. The summed E-state index contributed by atoms with van der Waals surface area (Å²) in [6.45, 7) is 2.48. The van der Waals surface area contributed by atoms with Gasteiger partial charge in [0.05, 0.1) is 24.9 Å². The number of methoxy groups -OCH3 is 1. The van der Waals surface area contributed by atoms with Crippen molar-refractivity contribution in [1.29, 1.82) is 0 Å². The molecule has 2 aromatic heterocycles. The number of nitrogens with zero attached hydrogens (tertiary/aromatic N) is 3. The van der Waals surface area contributed by atoms with Gasteiger partial charge in [-0.1, -0.05) is 29.8 Å². The van der Waals surface area contributed by atoms with Crippen LogP contribution in [0.4, 0.5) is 5.69 Å². The van der Waals surface area contributed by atoms with Crippen LogP contribution in [-0.4, -0.2) is 39.1 Å². The molecule has 3 heterocycles. The molecule has 2 atom stereocenters. The number of pyridine rings is 1. The lowest BCUT2D eigenvalue weighted by Gasteiger charge is -2.29. The molecule has 7 nitrogen and oxygen atoms in total. The number of carbonyl (C=O) groups is 1. The van der Waals surface area contributed by atoms with Crippen molar-refractivity contribution in [3.8, 4) is 11.4 Å². The highest BCUT2D eigenvalue weighted by atomic mass is 32.1. The van der Waals surface area contributed by atoms with Crippen molar-refractivity contribution in [1.82, 2.24) is 19.8 Å². The molecule has 0 bridgehead atoms. The summed E-state index contributed by atoms with van der Waals surface area (Å²) in [6.07, 6.45) is 4.11. The van der Waals surface area contributed by atoms with Crippen LogP contribution in [0, 0.1) is 6.92 Å². The summed E-state index contributed by atoms with van der Waals surface area (Å²) in [5.74, 6) is 0.720. The van der Waals surface area contributed by atoms with Gasteiger partial charge in [-0.15, -0.1) is 0 Å². The van der Waals surface area contributed by atoms with Gasteiger partial charge < -0.3 is 24.8 Å². The molecule has 188 valence electrons. The fourth-order valence-corrected chi connectivity index (χ4v) is 5.01. The van der Waals surface area contributed by atoms with E-state index >= 15 is 0 Å². The van der Waals surface area contributed by atoms with Crippen LogP contribution in [0.2, 0.25) is 0 Å². The molecule has 4 aromatic rings. The first-order chi connectivity index (χ1) is 18.0. The van der Waals surface area contributed by atoms with Crippen molar-refractivity contribution >= 4 is 28.9 Å². The van der Waals surface area contributed by atoms with Crippen molar-refractivity contribution in [2.24, 2.45) is 0 Å². The third-order valence-corrected chi connectivity index (χ3v) is 6.88. The van der Waals surface area contributed by atoms with Gasteiger partial charge in [0.25, 0.3) is 0 Å². The predicted octanol–water partition coefficient (Wildman–Crippen LogP) is 5.19. The fourth-order valence-electron chi connectivity index (χ4n) is 4.68. The van der Waals surface area contributed by atoms with Crippen LogP contribution in [0.3, 0.4) is 0 Å². The molecule has 2 N–H and O–H groups in total. The minimum Gasteiger partial charge on any atom is -0.497 e. The van der Waals surface area contributed by atoms with Crippen molar-refractivity contribution in [2.45, 2.75) is 25.4 Å². The van der Waals surface area contributed by atoms with Crippen LogP contribution >= 0.6 is 12.2 Å². The van der Waals surface area contributed by atoms with Crippen LogP contribution in [-0.2, 0) is 4.79 Å². The number of amides is 1. The second kappa shape index (κ2) is 10.8. The van der Waals surface area contributed by atoms with Crippen LogP contribution in [0.1, 0.15) is 35.5 Å². The zero-order valence-corrected chi connectivity index (χ0v) is 21.6. The first kappa shape index (κ1) is 24.5. The van der Waals surface area contributed by atoms with E-state index in [0.29, 0.717) is 18.1 Å². The smallest absolute Gasteiger partial charge is 0.226 e. The lowest BCUT2D eigenvalue weighted by molar-refractivity contribution is -0.116. The molecule has 0 saturated carbocycles. The van der Waals surface area contributed by atoms with Gasteiger partial charge in [0.2, 0.25) is 5.91 Å². The Hall–Kier alpha value is -4.17. The monoisotopic (exact) mass is 511 g/mol. The quantitative estimate of drug-likeness (QED) is 0.317. The Bertz CT molecular complexity index is 1390. The summed E-state index contributed by atoms with van der Waals surface area (Å²) in [5.41, 5.74) is 4.84. The summed E-state index contributed by atoms with van der Waals surface area (Å²) < 4.78 is 7.59. The van der Waals surface area contributed by atoms with Gasteiger partial charge in [0, 0.05) is 48.5 Å². The van der Waals surface area contributed by atoms with Crippen LogP contribution in [0.25, 0.3) is 5.69 Å². The molecule has 0 aliphatic carbocycles. The van der Waals surface area contributed by atoms with Crippen molar-refractivity contribution in [3.05, 3.63) is 108 Å². The molecular weight excluding hydrogens is 482 g/mol. The largest absolute Gasteiger partial charge is 0.497 e. The number of aromatic nitrogens is 2. The van der Waals surface area contributed by atoms with Crippen molar-refractivity contribution in [3.63, 3.8) is 0 Å². The summed E-state index contributed by atoms with van der Waals surface area (Å²) in [5, 5.41) is 7.05. The minimum atomic E-state index is -0.173. The number of benzene rings is 2. The topological polar surface area (TPSA) is 71.4 Å². The Balaban J connectivity index is 1.44. The number of hydrogen-bond donors (Lipinski definition) is 2. The number of anilines is 1. The van der Waals surface area contributed by atoms with Gasteiger partial charge in [-0.2, -0.15) is 0 Å². The molecular formula is C29H29N5O2S. The predicted molar refractivity (Wildman–Crippen MR) is 149 cm³/mol. The number of hydrogen-bond acceptors (Lipinski definition) is 4. The average Bonchev–Trinajstić information content (AvgIpc) is 3.53. The van der Waals surface area contributed by atoms with Gasteiger partial charge in [-0.05, 0) is 67.7 Å². The number of nitrogens with one attached hydrogen (secondary N) is 2. The number of ether oxygens (including phenoxy) is 1. The molecule has 1 saturated heterocycles. The Kier molecular flexibility index (Phi) is 7.18. The summed E-state index contributed by atoms with van der Waals surface area (Å²) in [6, 6.07) is 25.4. The lowest BCUT2D eigenvalue weighted by Crippen LogP contribution is -2.33. The molecule has 0 unspecified atom stereocenters. The lowest BCUT2D eigenvalue weighted by atomic mass is 10.0. The van der Waals surface area contributed by atoms with Crippen LogP contribution < -0.4 is 15.4 Å². The number of thiocarbonyl (C=S) groups is 1. The first-order valence-electron chi connectivity index (χ1n) is 12.2. The van der Waals surface area contributed by atoms with E-state index in [1.807, 2.05) is 85.9 Å². The van der Waals surface area contributed by atoms with Gasteiger partial charge in [-0.25, -0.2) is 0 Å². The third-order valence-electron chi connectivity index (χ3n) is 6.53. The molecule has 8 heteroatoms. The van der Waals surface area contributed by atoms with E-state index in [4.69, 9.17) is 17.0 Å². The van der Waals surface area contributed by atoms with E-state index < -0.39 is 0 Å². The average molecular weight is 512 g/mol. The SMILES string of the molecule is COc1cccc(-n2cccc2[C@H]2[C@H](c3ccccn3)NC(=S)N2CCC(=O)Nc2ccc(C)cc2)c1. The van der Waals surface area contributed by atoms with E-state index in [9.17, 15) is 4.79 Å². The third kappa shape index (κ3) is 5.34. The van der Waals surface area contributed by atoms with Gasteiger partial charge >= 0.3 is 0 Å². The normalized spacial score (nSPS) is 16.9. The summed E-state index contributed by atoms with van der Waals surface area (Å²) >= 11 is 5.79. The van der Waals surface area contributed by atoms with E-state index in [1.54, 1.807) is 13.3 Å². The molecule has 0 radical (unpaired) electrons. The second-order valence-electron chi connectivity index (χ2n) is 8.99.